The minimum atomic E-state index is -0.352. The molecule has 1 saturated carbocycles. The quantitative estimate of drug-likeness (QED) is 0.423. The molecule has 0 bridgehead atoms. The van der Waals surface area contributed by atoms with Crippen molar-refractivity contribution in [3.05, 3.63) is 69.7 Å². The number of aliphatic hydroxyl groups excluding tert-OH is 1. The lowest BCUT2D eigenvalue weighted by Gasteiger charge is -2.23. The molecule has 2 aromatic carbocycles. The molecule has 1 N–H and O–H groups in total. The van der Waals surface area contributed by atoms with Gasteiger partial charge in [0.15, 0.2) is 5.13 Å². The lowest BCUT2D eigenvalue weighted by atomic mass is 10.1. The van der Waals surface area contributed by atoms with Gasteiger partial charge in [0.05, 0.1) is 11.8 Å². The molecule has 7 nitrogen and oxygen atoms in total. The first-order valence-electron chi connectivity index (χ1n) is 12.0. The summed E-state index contributed by atoms with van der Waals surface area (Å²) in [6.07, 6.45) is 4.22. The van der Waals surface area contributed by atoms with Gasteiger partial charge in [-0.1, -0.05) is 11.3 Å². The van der Waals surface area contributed by atoms with Gasteiger partial charge in [-0.05, 0) is 61.7 Å². The second-order valence-corrected chi connectivity index (χ2v) is 10.4. The first kappa shape index (κ1) is 22.7. The number of benzene rings is 2. The van der Waals surface area contributed by atoms with Gasteiger partial charge in [0, 0.05) is 54.4 Å². The molecular formula is C27H24FN5O2S. The third kappa shape index (κ3) is 3.92. The van der Waals surface area contributed by atoms with Gasteiger partial charge in [-0.25, -0.2) is 9.37 Å². The number of aliphatic hydroxyl groups is 1. The predicted octanol–water partition coefficient (Wildman–Crippen LogP) is 4.81. The van der Waals surface area contributed by atoms with Crippen molar-refractivity contribution in [2.24, 2.45) is 0 Å². The molecule has 2 aromatic heterocycles. The summed E-state index contributed by atoms with van der Waals surface area (Å²) in [6.45, 7) is 1.32. The number of halogens is 1. The second kappa shape index (κ2) is 8.73. The van der Waals surface area contributed by atoms with Crippen LogP contribution in [0.3, 0.4) is 0 Å². The highest BCUT2D eigenvalue weighted by atomic mass is 32.1. The summed E-state index contributed by atoms with van der Waals surface area (Å²) in [7, 11) is 1.89. The molecule has 4 aromatic rings. The summed E-state index contributed by atoms with van der Waals surface area (Å²) in [5, 5.41) is 21.8. The molecule has 36 heavy (non-hydrogen) atoms. The first-order valence-corrected chi connectivity index (χ1v) is 12.8. The Morgan fingerprint density at radius 3 is 2.61 bits per heavy atom. The number of nitriles is 1. The SMILES string of the molecule is CN(c1nc(-c2ccc(F)cc2)c(C#N)s1)c1cn(C2CC2)c(=O)c2ccc(N3CC[C@@H](O)C3)cc12. The third-order valence-corrected chi connectivity index (χ3v) is 7.99. The summed E-state index contributed by atoms with van der Waals surface area (Å²) < 4.78 is 15.3. The molecule has 0 spiro atoms. The van der Waals surface area contributed by atoms with Gasteiger partial charge in [-0.15, -0.1) is 0 Å². The average Bonchev–Trinajstić information content (AvgIpc) is 3.49. The van der Waals surface area contributed by atoms with Crippen LogP contribution >= 0.6 is 11.3 Å². The maximum atomic E-state index is 13.5. The van der Waals surface area contributed by atoms with Crippen molar-refractivity contribution in [3.63, 3.8) is 0 Å². The van der Waals surface area contributed by atoms with Crippen molar-refractivity contribution >= 4 is 38.6 Å². The third-order valence-electron chi connectivity index (χ3n) is 6.96. The van der Waals surface area contributed by atoms with Crippen molar-refractivity contribution in [1.82, 2.24) is 9.55 Å². The Balaban J connectivity index is 1.49. The van der Waals surface area contributed by atoms with Crippen LogP contribution in [0.4, 0.5) is 20.9 Å². The van der Waals surface area contributed by atoms with Crippen molar-refractivity contribution in [1.29, 1.82) is 5.26 Å². The fourth-order valence-corrected chi connectivity index (χ4v) is 5.69. The standard InChI is InChI=1S/C27H24FN5O2S/c1-31(27-30-25(24(13-29)36-27)16-2-4-17(28)5-3-16)23-15-33(18-6-7-18)26(35)21-9-8-19(12-22(21)23)32-11-10-20(34)14-32/h2-5,8-9,12,15,18,20,34H,6-7,10-11,14H2,1H3/t20-/m1/s1. The molecule has 0 amide bonds. The number of anilines is 3. The molecular weight excluding hydrogens is 477 g/mol. The first-order chi connectivity index (χ1) is 17.4. The topological polar surface area (TPSA) is 85.4 Å². The van der Waals surface area contributed by atoms with Crippen molar-refractivity contribution < 1.29 is 9.50 Å². The Hall–Kier alpha value is -3.74. The van der Waals surface area contributed by atoms with E-state index in [0.717, 1.165) is 42.6 Å². The molecule has 1 aliphatic heterocycles. The maximum Gasteiger partial charge on any atom is 0.258 e. The molecule has 2 fully saturated rings. The Kier molecular flexibility index (Phi) is 5.51. The molecule has 1 saturated heterocycles. The van der Waals surface area contributed by atoms with E-state index in [1.165, 1.54) is 23.5 Å². The monoisotopic (exact) mass is 501 g/mol. The Labute approximate surface area is 211 Å². The molecule has 9 heteroatoms. The number of hydrogen-bond acceptors (Lipinski definition) is 7. The number of fused-ring (bicyclic) bond motifs is 1. The van der Waals surface area contributed by atoms with Crippen LogP contribution in [0.25, 0.3) is 22.0 Å². The van der Waals surface area contributed by atoms with Crippen LogP contribution in [0, 0.1) is 17.1 Å². The Morgan fingerprint density at radius 1 is 1.17 bits per heavy atom. The molecule has 0 radical (unpaired) electrons. The molecule has 182 valence electrons. The lowest BCUT2D eigenvalue weighted by Crippen LogP contribution is -2.23. The summed E-state index contributed by atoms with van der Waals surface area (Å²) in [5.41, 5.74) is 2.95. The van der Waals surface area contributed by atoms with Crippen LogP contribution in [-0.2, 0) is 0 Å². The number of hydrogen-bond donors (Lipinski definition) is 1. The minimum Gasteiger partial charge on any atom is -0.391 e. The fourth-order valence-electron chi connectivity index (χ4n) is 4.83. The summed E-state index contributed by atoms with van der Waals surface area (Å²) in [6, 6.07) is 14.2. The van der Waals surface area contributed by atoms with Crippen molar-refractivity contribution in [2.75, 3.05) is 29.9 Å². The Bertz CT molecular complexity index is 1570. The zero-order valence-corrected chi connectivity index (χ0v) is 20.5. The van der Waals surface area contributed by atoms with Gasteiger partial charge in [0.1, 0.15) is 22.5 Å². The molecule has 1 aliphatic carbocycles. The van der Waals surface area contributed by atoms with E-state index in [4.69, 9.17) is 4.98 Å². The smallest absolute Gasteiger partial charge is 0.258 e. The maximum absolute atomic E-state index is 13.5. The van der Waals surface area contributed by atoms with E-state index in [9.17, 15) is 19.6 Å². The number of β-amino-alcohol motifs (C(OH)–C–C–N with tert-alkyl or cyclic N) is 1. The van der Waals surface area contributed by atoms with E-state index in [0.29, 0.717) is 33.2 Å². The summed E-state index contributed by atoms with van der Waals surface area (Å²) >= 11 is 1.26. The largest absolute Gasteiger partial charge is 0.391 e. The molecule has 0 unspecified atom stereocenters. The lowest BCUT2D eigenvalue weighted by molar-refractivity contribution is 0.198. The fraction of sp³-hybridized carbons (Fsp3) is 0.296. The van der Waals surface area contributed by atoms with E-state index in [2.05, 4.69) is 11.0 Å². The van der Waals surface area contributed by atoms with E-state index in [1.807, 2.05) is 40.9 Å². The zero-order valence-electron chi connectivity index (χ0n) is 19.7. The van der Waals surface area contributed by atoms with Crippen LogP contribution in [0.5, 0.6) is 0 Å². The van der Waals surface area contributed by atoms with Gasteiger partial charge >= 0.3 is 0 Å². The van der Waals surface area contributed by atoms with Crippen LogP contribution in [0.1, 0.15) is 30.2 Å². The normalized spacial score (nSPS) is 17.5. The van der Waals surface area contributed by atoms with E-state index >= 15 is 0 Å². The van der Waals surface area contributed by atoms with E-state index < -0.39 is 0 Å². The van der Waals surface area contributed by atoms with Crippen molar-refractivity contribution in [3.8, 4) is 17.3 Å². The van der Waals surface area contributed by atoms with Crippen LogP contribution in [0.2, 0.25) is 0 Å². The number of pyridine rings is 1. The van der Waals surface area contributed by atoms with Crippen LogP contribution in [0.15, 0.2) is 53.5 Å². The van der Waals surface area contributed by atoms with Gasteiger partial charge in [0.2, 0.25) is 0 Å². The molecule has 3 heterocycles. The number of thiazole rings is 1. The molecule has 1 atom stereocenters. The van der Waals surface area contributed by atoms with Gasteiger partial charge in [-0.2, -0.15) is 5.26 Å². The van der Waals surface area contributed by atoms with Crippen LogP contribution in [-0.4, -0.2) is 40.9 Å². The molecule has 6 rings (SSSR count). The van der Waals surface area contributed by atoms with Gasteiger partial charge in [-0.3, -0.25) is 4.79 Å². The molecule has 2 aliphatic rings. The van der Waals surface area contributed by atoms with E-state index in [-0.39, 0.29) is 23.5 Å². The highest BCUT2D eigenvalue weighted by Gasteiger charge is 2.28. The summed E-state index contributed by atoms with van der Waals surface area (Å²) in [5.74, 6) is -0.347. The number of rotatable bonds is 5. The predicted molar refractivity (Wildman–Crippen MR) is 140 cm³/mol. The number of nitrogens with zero attached hydrogens (tertiary/aromatic N) is 5. The minimum absolute atomic E-state index is 0.0125. The van der Waals surface area contributed by atoms with Gasteiger partial charge in [0.25, 0.3) is 5.56 Å². The Morgan fingerprint density at radius 2 is 1.94 bits per heavy atom. The van der Waals surface area contributed by atoms with E-state index in [1.54, 1.807) is 12.1 Å². The second-order valence-electron chi connectivity index (χ2n) is 9.43. The zero-order chi connectivity index (χ0) is 25.0. The van der Waals surface area contributed by atoms with Gasteiger partial charge < -0.3 is 19.5 Å². The van der Waals surface area contributed by atoms with Crippen molar-refractivity contribution in [2.45, 2.75) is 31.4 Å². The highest BCUT2D eigenvalue weighted by molar-refractivity contribution is 7.16. The highest BCUT2D eigenvalue weighted by Crippen LogP contribution is 2.40. The van der Waals surface area contributed by atoms with Crippen LogP contribution < -0.4 is 15.4 Å². The number of aromatic nitrogens is 2. The average molecular weight is 502 g/mol. The summed E-state index contributed by atoms with van der Waals surface area (Å²) in [4.78, 5) is 22.6.